The first-order valence-corrected chi connectivity index (χ1v) is 8.64. The van der Waals surface area contributed by atoms with Crippen LogP contribution in [0.4, 0.5) is 0 Å². The molecule has 9 heteroatoms. The van der Waals surface area contributed by atoms with Gasteiger partial charge in [-0.25, -0.2) is 4.79 Å². The molecule has 0 radical (unpaired) electrons. The van der Waals surface area contributed by atoms with Gasteiger partial charge in [-0.15, -0.1) is 0 Å². The summed E-state index contributed by atoms with van der Waals surface area (Å²) in [7, 11) is 0. The number of nitrogens with one attached hydrogen (secondary N) is 1. The summed E-state index contributed by atoms with van der Waals surface area (Å²) in [6.45, 7) is 0.206. The molecule has 1 saturated heterocycles. The number of benzene rings is 1. The average molecular weight is 377 g/mol. The number of amides is 2. The van der Waals surface area contributed by atoms with Crippen molar-refractivity contribution in [2.45, 2.75) is 43.8 Å². The Hall–Kier alpha value is -2.94. The van der Waals surface area contributed by atoms with Crippen molar-refractivity contribution in [3.8, 4) is 0 Å². The van der Waals surface area contributed by atoms with Crippen LogP contribution in [0.1, 0.15) is 24.8 Å². The zero-order valence-corrected chi connectivity index (χ0v) is 14.7. The summed E-state index contributed by atoms with van der Waals surface area (Å²) in [4.78, 5) is 48.5. The van der Waals surface area contributed by atoms with Gasteiger partial charge in [0.1, 0.15) is 12.1 Å². The molecule has 1 aromatic carbocycles. The Kier molecular flexibility index (Phi) is 6.89. The fourth-order valence-electron chi connectivity index (χ4n) is 3.10. The molecule has 146 valence electrons. The van der Waals surface area contributed by atoms with E-state index in [-0.39, 0.29) is 13.0 Å². The van der Waals surface area contributed by atoms with Gasteiger partial charge in [-0.3, -0.25) is 14.4 Å². The van der Waals surface area contributed by atoms with Crippen molar-refractivity contribution in [3.63, 3.8) is 0 Å². The highest BCUT2D eigenvalue weighted by Crippen LogP contribution is 2.19. The van der Waals surface area contributed by atoms with Gasteiger partial charge in [-0.05, 0) is 24.8 Å². The molecule has 0 bridgehead atoms. The molecule has 1 fully saturated rings. The SMILES string of the molecule is N[C@@H](Cc1ccccc1)C(=O)N[C@@H](CC(=O)O)C(=O)N1CCC[C@H]1C(=O)O. The molecule has 0 saturated carbocycles. The number of carboxylic acid groups (broad SMARTS) is 2. The van der Waals surface area contributed by atoms with Crippen LogP contribution < -0.4 is 11.1 Å². The Morgan fingerprint density at radius 2 is 1.85 bits per heavy atom. The monoisotopic (exact) mass is 377 g/mol. The van der Waals surface area contributed by atoms with E-state index >= 15 is 0 Å². The van der Waals surface area contributed by atoms with Crippen molar-refractivity contribution in [1.29, 1.82) is 0 Å². The third-order valence-electron chi connectivity index (χ3n) is 4.45. The molecule has 0 aliphatic carbocycles. The van der Waals surface area contributed by atoms with Crippen LogP contribution in [-0.4, -0.2) is 63.5 Å². The predicted molar refractivity (Wildman–Crippen MR) is 94.7 cm³/mol. The standard InChI is InChI=1S/C18H23N3O6/c19-12(9-11-5-2-1-3-6-11)16(24)20-13(10-15(22)23)17(25)21-8-4-7-14(21)18(26)27/h1-3,5-6,12-14H,4,7-10,19H2,(H,20,24)(H,22,23)(H,26,27)/t12-,13-,14-/m0/s1. The van der Waals surface area contributed by atoms with Crippen LogP contribution in [0.15, 0.2) is 30.3 Å². The lowest BCUT2D eigenvalue weighted by atomic mass is 10.0. The second-order valence-corrected chi connectivity index (χ2v) is 6.48. The quantitative estimate of drug-likeness (QED) is 0.481. The van der Waals surface area contributed by atoms with Crippen LogP contribution in [0.3, 0.4) is 0 Å². The van der Waals surface area contributed by atoms with E-state index in [4.69, 9.17) is 10.8 Å². The van der Waals surface area contributed by atoms with Gasteiger partial charge in [0.2, 0.25) is 11.8 Å². The zero-order chi connectivity index (χ0) is 20.0. The third kappa shape index (κ3) is 5.52. The summed E-state index contributed by atoms with van der Waals surface area (Å²) in [6, 6.07) is 5.69. The van der Waals surface area contributed by atoms with Gasteiger partial charge in [-0.1, -0.05) is 30.3 Å². The van der Waals surface area contributed by atoms with Gasteiger partial charge in [0.05, 0.1) is 12.5 Å². The van der Waals surface area contributed by atoms with Crippen molar-refractivity contribution in [2.75, 3.05) is 6.54 Å². The fraction of sp³-hybridized carbons (Fsp3) is 0.444. The van der Waals surface area contributed by atoms with Crippen molar-refractivity contribution < 1.29 is 29.4 Å². The summed E-state index contributed by atoms with van der Waals surface area (Å²) >= 11 is 0. The van der Waals surface area contributed by atoms with Gasteiger partial charge < -0.3 is 26.2 Å². The molecule has 0 spiro atoms. The molecular formula is C18H23N3O6. The van der Waals surface area contributed by atoms with E-state index in [1.165, 1.54) is 0 Å². The first kappa shape index (κ1) is 20.4. The highest BCUT2D eigenvalue weighted by molar-refractivity contribution is 5.94. The number of nitrogens with two attached hydrogens (primary N) is 1. The van der Waals surface area contributed by atoms with E-state index in [9.17, 15) is 24.3 Å². The van der Waals surface area contributed by atoms with Crippen molar-refractivity contribution in [2.24, 2.45) is 5.73 Å². The Balaban J connectivity index is 2.06. The minimum Gasteiger partial charge on any atom is -0.481 e. The molecule has 1 aliphatic heterocycles. The van der Waals surface area contributed by atoms with E-state index < -0.39 is 48.3 Å². The molecule has 1 aromatic rings. The number of nitrogens with zero attached hydrogens (tertiary/aromatic N) is 1. The molecule has 0 unspecified atom stereocenters. The highest BCUT2D eigenvalue weighted by Gasteiger charge is 2.38. The summed E-state index contributed by atoms with van der Waals surface area (Å²) in [6.07, 6.45) is 0.375. The predicted octanol–water partition coefficient (Wildman–Crippen LogP) is -0.408. The number of rotatable bonds is 8. The molecule has 9 nitrogen and oxygen atoms in total. The van der Waals surface area contributed by atoms with Crippen molar-refractivity contribution in [1.82, 2.24) is 10.2 Å². The second-order valence-electron chi connectivity index (χ2n) is 6.48. The topological polar surface area (TPSA) is 150 Å². The maximum atomic E-state index is 12.7. The third-order valence-corrected chi connectivity index (χ3v) is 4.45. The smallest absolute Gasteiger partial charge is 0.326 e. The molecule has 3 atom stereocenters. The summed E-state index contributed by atoms with van der Waals surface area (Å²) in [5.74, 6) is -3.81. The number of hydrogen-bond donors (Lipinski definition) is 4. The van der Waals surface area contributed by atoms with Crippen LogP contribution in [-0.2, 0) is 25.6 Å². The number of aliphatic carboxylic acids is 2. The Morgan fingerprint density at radius 1 is 1.19 bits per heavy atom. The summed E-state index contributed by atoms with van der Waals surface area (Å²) in [5.41, 5.74) is 6.70. The van der Waals surface area contributed by atoms with Crippen LogP contribution in [0.2, 0.25) is 0 Å². The van der Waals surface area contributed by atoms with Crippen molar-refractivity contribution >= 4 is 23.8 Å². The lowest BCUT2D eigenvalue weighted by molar-refractivity contribution is -0.150. The van der Waals surface area contributed by atoms with Crippen LogP contribution in [0.5, 0.6) is 0 Å². The van der Waals surface area contributed by atoms with E-state index in [1.807, 2.05) is 6.07 Å². The number of hydrogen-bond acceptors (Lipinski definition) is 5. The van der Waals surface area contributed by atoms with Gasteiger partial charge in [-0.2, -0.15) is 0 Å². The molecule has 1 aliphatic rings. The largest absolute Gasteiger partial charge is 0.481 e. The van der Waals surface area contributed by atoms with Gasteiger partial charge in [0.25, 0.3) is 0 Å². The number of carbonyl (C=O) groups excluding carboxylic acids is 2. The molecule has 2 amide bonds. The Labute approximate surface area is 156 Å². The number of carbonyl (C=O) groups is 4. The average Bonchev–Trinajstić information content (AvgIpc) is 3.11. The van der Waals surface area contributed by atoms with E-state index in [2.05, 4.69) is 5.32 Å². The second kappa shape index (κ2) is 9.13. The lowest BCUT2D eigenvalue weighted by Gasteiger charge is -2.27. The van der Waals surface area contributed by atoms with Gasteiger partial charge in [0.15, 0.2) is 0 Å². The lowest BCUT2D eigenvalue weighted by Crippen LogP contribution is -2.55. The minimum absolute atomic E-state index is 0.206. The molecule has 2 rings (SSSR count). The van der Waals surface area contributed by atoms with Gasteiger partial charge in [0, 0.05) is 6.54 Å². The first-order chi connectivity index (χ1) is 12.8. The normalized spacial score (nSPS) is 18.6. The van der Waals surface area contributed by atoms with Crippen LogP contribution in [0, 0.1) is 0 Å². The summed E-state index contributed by atoms with van der Waals surface area (Å²) < 4.78 is 0. The molecule has 27 heavy (non-hydrogen) atoms. The van der Waals surface area contributed by atoms with Crippen LogP contribution in [0.25, 0.3) is 0 Å². The molecule has 5 N–H and O–H groups in total. The first-order valence-electron chi connectivity index (χ1n) is 8.64. The fourth-order valence-corrected chi connectivity index (χ4v) is 3.10. The maximum Gasteiger partial charge on any atom is 0.326 e. The van der Waals surface area contributed by atoms with Gasteiger partial charge >= 0.3 is 11.9 Å². The maximum absolute atomic E-state index is 12.7. The Morgan fingerprint density at radius 3 is 2.44 bits per heavy atom. The Bertz CT molecular complexity index is 708. The summed E-state index contributed by atoms with van der Waals surface area (Å²) in [5, 5.41) is 20.7. The molecular weight excluding hydrogens is 354 g/mol. The van der Waals surface area contributed by atoms with E-state index in [0.29, 0.717) is 12.8 Å². The number of likely N-dealkylation sites (tertiary alicyclic amines) is 1. The van der Waals surface area contributed by atoms with Crippen molar-refractivity contribution in [3.05, 3.63) is 35.9 Å². The highest BCUT2D eigenvalue weighted by atomic mass is 16.4. The van der Waals surface area contributed by atoms with Crippen LogP contribution >= 0.6 is 0 Å². The number of carboxylic acids is 2. The zero-order valence-electron chi connectivity index (χ0n) is 14.7. The van der Waals surface area contributed by atoms with E-state index in [0.717, 1.165) is 10.5 Å². The van der Waals surface area contributed by atoms with E-state index in [1.54, 1.807) is 24.3 Å². The minimum atomic E-state index is -1.36. The molecule has 0 aromatic heterocycles. The molecule has 1 heterocycles.